The van der Waals surface area contributed by atoms with Crippen molar-refractivity contribution in [3.05, 3.63) is 78.4 Å². The normalized spacial score (nSPS) is 14.0. The van der Waals surface area contributed by atoms with Gasteiger partial charge in [0.1, 0.15) is 17.8 Å². The second-order valence-corrected chi connectivity index (χ2v) is 7.39. The molecule has 4 rings (SSSR count). The first-order chi connectivity index (χ1) is 15.1. The number of carbonyl (C=O) groups excluding carboxylic acids is 2. The van der Waals surface area contributed by atoms with E-state index in [2.05, 4.69) is 0 Å². The highest BCUT2D eigenvalue weighted by molar-refractivity contribution is 5.94. The average Bonchev–Trinajstić information content (AvgIpc) is 3.51. The smallest absolute Gasteiger partial charge is 0.257 e. The number of carbonyl (C=O) groups is 2. The first-order valence-corrected chi connectivity index (χ1v) is 10.2. The van der Waals surface area contributed by atoms with E-state index in [4.69, 9.17) is 8.83 Å². The molecule has 0 bridgehead atoms. The Hall–Kier alpha value is -3.55. The van der Waals surface area contributed by atoms with E-state index >= 15 is 0 Å². The number of hydrogen-bond donors (Lipinski definition) is 0. The summed E-state index contributed by atoms with van der Waals surface area (Å²) in [6.45, 7) is 2.69. The number of anilines is 1. The van der Waals surface area contributed by atoms with Crippen LogP contribution >= 0.6 is 0 Å². The Morgan fingerprint density at radius 3 is 2.48 bits per heavy atom. The molecule has 0 atom stereocenters. The molecule has 1 fully saturated rings. The molecule has 3 aromatic rings. The molecule has 31 heavy (non-hydrogen) atoms. The quantitative estimate of drug-likeness (QED) is 0.580. The van der Waals surface area contributed by atoms with Gasteiger partial charge in [-0.05, 0) is 30.3 Å². The zero-order valence-electron chi connectivity index (χ0n) is 17.1. The van der Waals surface area contributed by atoms with Crippen molar-refractivity contribution in [2.24, 2.45) is 0 Å². The second-order valence-electron chi connectivity index (χ2n) is 7.39. The van der Waals surface area contributed by atoms with E-state index in [-0.39, 0.29) is 37.1 Å². The van der Waals surface area contributed by atoms with Crippen molar-refractivity contribution in [2.75, 3.05) is 37.6 Å². The number of piperazine rings is 1. The highest BCUT2D eigenvalue weighted by Crippen LogP contribution is 2.20. The molecule has 2 aromatic heterocycles. The Morgan fingerprint density at radius 2 is 1.81 bits per heavy atom. The van der Waals surface area contributed by atoms with Crippen LogP contribution in [0.2, 0.25) is 0 Å². The van der Waals surface area contributed by atoms with Crippen LogP contribution in [-0.2, 0) is 11.3 Å². The second kappa shape index (κ2) is 9.51. The monoisotopic (exact) mass is 425 g/mol. The number of hydrogen-bond acceptors (Lipinski definition) is 5. The van der Waals surface area contributed by atoms with E-state index in [1.54, 1.807) is 52.5 Å². The summed E-state index contributed by atoms with van der Waals surface area (Å²) >= 11 is 0. The first kappa shape index (κ1) is 20.7. The van der Waals surface area contributed by atoms with E-state index in [9.17, 15) is 14.0 Å². The lowest BCUT2D eigenvalue weighted by Crippen LogP contribution is -2.49. The molecule has 0 N–H and O–H groups in total. The Morgan fingerprint density at radius 1 is 1.00 bits per heavy atom. The van der Waals surface area contributed by atoms with Crippen LogP contribution in [0.5, 0.6) is 0 Å². The molecule has 1 aliphatic rings. The molecule has 1 aromatic carbocycles. The summed E-state index contributed by atoms with van der Waals surface area (Å²) in [4.78, 5) is 30.9. The molecule has 1 aliphatic heterocycles. The van der Waals surface area contributed by atoms with Gasteiger partial charge in [0, 0.05) is 39.1 Å². The Kier molecular flexibility index (Phi) is 6.35. The molecular formula is C23H24FN3O4. The number of amides is 2. The summed E-state index contributed by atoms with van der Waals surface area (Å²) in [6, 6.07) is 11.8. The van der Waals surface area contributed by atoms with Crippen molar-refractivity contribution in [1.29, 1.82) is 0 Å². The van der Waals surface area contributed by atoms with Crippen LogP contribution in [0, 0.1) is 5.82 Å². The lowest BCUT2D eigenvalue weighted by molar-refractivity contribution is -0.131. The summed E-state index contributed by atoms with van der Waals surface area (Å²) < 4.78 is 24.4. The maximum atomic E-state index is 14.0. The lowest BCUT2D eigenvalue weighted by Gasteiger charge is -2.36. The molecule has 1 saturated heterocycles. The molecule has 0 aliphatic carbocycles. The third kappa shape index (κ3) is 4.96. The van der Waals surface area contributed by atoms with Crippen molar-refractivity contribution in [3.63, 3.8) is 0 Å². The molecule has 8 heteroatoms. The van der Waals surface area contributed by atoms with Crippen LogP contribution in [-0.4, -0.2) is 54.3 Å². The van der Waals surface area contributed by atoms with Gasteiger partial charge in [-0.1, -0.05) is 12.1 Å². The van der Waals surface area contributed by atoms with E-state index in [1.165, 1.54) is 18.6 Å². The standard InChI is InChI=1S/C23H24FN3O4/c24-20-5-1-2-6-21(20)25-10-12-26(13-11-25)22(28)7-9-27(16-19-4-3-14-31-19)23(29)18-8-15-30-17-18/h1-6,8,14-15,17H,7,9-13,16H2. The summed E-state index contributed by atoms with van der Waals surface area (Å²) in [5.41, 5.74) is 0.988. The predicted molar refractivity (Wildman–Crippen MR) is 112 cm³/mol. The van der Waals surface area contributed by atoms with Gasteiger partial charge in [0.15, 0.2) is 0 Å². The van der Waals surface area contributed by atoms with Crippen LogP contribution in [0.3, 0.4) is 0 Å². The number of rotatable bonds is 7. The lowest BCUT2D eigenvalue weighted by atomic mass is 10.2. The maximum absolute atomic E-state index is 14.0. The molecule has 2 amide bonds. The Labute approximate surface area is 179 Å². The molecule has 0 spiro atoms. The van der Waals surface area contributed by atoms with Crippen LogP contribution in [0.1, 0.15) is 22.5 Å². The molecule has 3 heterocycles. The van der Waals surface area contributed by atoms with E-state index in [0.717, 1.165) is 0 Å². The van der Waals surface area contributed by atoms with E-state index in [0.29, 0.717) is 43.2 Å². The minimum absolute atomic E-state index is 0.0300. The summed E-state index contributed by atoms with van der Waals surface area (Å²) in [7, 11) is 0. The zero-order chi connectivity index (χ0) is 21.6. The fourth-order valence-corrected chi connectivity index (χ4v) is 3.71. The third-order valence-electron chi connectivity index (χ3n) is 5.40. The van der Waals surface area contributed by atoms with Crippen LogP contribution in [0.15, 0.2) is 70.1 Å². The number of furan rings is 2. The van der Waals surface area contributed by atoms with Crippen molar-refractivity contribution in [3.8, 4) is 0 Å². The maximum Gasteiger partial charge on any atom is 0.257 e. The number of halogens is 1. The number of benzene rings is 1. The number of nitrogens with zero attached hydrogens (tertiary/aromatic N) is 3. The van der Waals surface area contributed by atoms with Crippen molar-refractivity contribution >= 4 is 17.5 Å². The SMILES string of the molecule is O=C(CCN(Cc1ccco1)C(=O)c1ccoc1)N1CCN(c2ccccc2F)CC1. The summed E-state index contributed by atoms with van der Waals surface area (Å²) in [5, 5.41) is 0. The van der Waals surface area contributed by atoms with Crippen molar-refractivity contribution in [2.45, 2.75) is 13.0 Å². The molecular weight excluding hydrogens is 401 g/mol. The van der Waals surface area contributed by atoms with Crippen LogP contribution in [0.25, 0.3) is 0 Å². The van der Waals surface area contributed by atoms with Crippen molar-refractivity contribution < 1.29 is 22.8 Å². The molecule has 7 nitrogen and oxygen atoms in total. The largest absolute Gasteiger partial charge is 0.472 e. The zero-order valence-corrected chi connectivity index (χ0v) is 17.1. The average molecular weight is 425 g/mol. The van der Waals surface area contributed by atoms with Crippen LogP contribution in [0.4, 0.5) is 10.1 Å². The highest BCUT2D eigenvalue weighted by atomic mass is 19.1. The number of para-hydroxylation sites is 1. The third-order valence-corrected chi connectivity index (χ3v) is 5.40. The topological polar surface area (TPSA) is 70.1 Å². The van der Waals surface area contributed by atoms with Gasteiger partial charge in [-0.15, -0.1) is 0 Å². The summed E-state index contributed by atoms with van der Waals surface area (Å²) in [5.74, 6) is 0.136. The van der Waals surface area contributed by atoms with Gasteiger partial charge < -0.3 is 23.5 Å². The molecule has 0 saturated carbocycles. The highest BCUT2D eigenvalue weighted by Gasteiger charge is 2.24. The van der Waals surface area contributed by atoms with Gasteiger partial charge in [-0.2, -0.15) is 0 Å². The molecule has 0 unspecified atom stereocenters. The Bertz CT molecular complexity index is 996. The van der Waals surface area contributed by atoms with E-state index < -0.39 is 0 Å². The Balaban J connectivity index is 1.33. The minimum atomic E-state index is -0.256. The molecule has 162 valence electrons. The van der Waals surface area contributed by atoms with Crippen LogP contribution < -0.4 is 4.90 Å². The molecule has 0 radical (unpaired) electrons. The summed E-state index contributed by atoms with van der Waals surface area (Å²) in [6.07, 6.45) is 4.58. The van der Waals surface area contributed by atoms with E-state index in [1.807, 2.05) is 4.90 Å². The minimum Gasteiger partial charge on any atom is -0.472 e. The fraction of sp³-hybridized carbons (Fsp3) is 0.304. The van der Waals surface area contributed by atoms with Gasteiger partial charge in [-0.25, -0.2) is 4.39 Å². The van der Waals surface area contributed by atoms with Gasteiger partial charge >= 0.3 is 0 Å². The first-order valence-electron chi connectivity index (χ1n) is 10.2. The predicted octanol–water partition coefficient (Wildman–Crippen LogP) is 3.39. The van der Waals surface area contributed by atoms with Gasteiger partial charge in [0.25, 0.3) is 5.91 Å². The van der Waals surface area contributed by atoms with Gasteiger partial charge in [-0.3, -0.25) is 9.59 Å². The van der Waals surface area contributed by atoms with Crippen molar-refractivity contribution in [1.82, 2.24) is 9.80 Å². The fourth-order valence-electron chi connectivity index (χ4n) is 3.71. The van der Waals surface area contributed by atoms with Gasteiger partial charge in [0.05, 0.1) is 30.3 Å². The van der Waals surface area contributed by atoms with Gasteiger partial charge in [0.2, 0.25) is 5.91 Å².